The first kappa shape index (κ1) is 18.2. The average molecular weight is 343 g/mol. The summed E-state index contributed by atoms with van der Waals surface area (Å²) < 4.78 is 34.0. The number of pyridine rings is 1. The zero-order valence-electron chi connectivity index (χ0n) is 14.3. The second-order valence-corrected chi connectivity index (χ2v) is 6.70. The molecule has 0 spiro atoms. The predicted octanol–water partition coefficient (Wildman–Crippen LogP) is 3.13. The molecule has 1 fully saturated rings. The Kier molecular flexibility index (Phi) is 5.46. The van der Waals surface area contributed by atoms with Crippen LogP contribution in [0.2, 0.25) is 0 Å². The van der Waals surface area contributed by atoms with Crippen LogP contribution < -0.4 is 9.64 Å². The maximum Gasteiger partial charge on any atom is 0.410 e. The van der Waals surface area contributed by atoms with E-state index in [9.17, 15) is 13.6 Å². The molecular formula is C16H23F2N3O3. The van der Waals surface area contributed by atoms with E-state index in [0.717, 1.165) is 0 Å². The largest absolute Gasteiger partial charge is 0.444 e. The Morgan fingerprint density at radius 2 is 2.04 bits per heavy atom. The van der Waals surface area contributed by atoms with Crippen LogP contribution in [0.4, 0.5) is 19.4 Å². The summed E-state index contributed by atoms with van der Waals surface area (Å²) in [7, 11) is 0. The number of carbonyl (C=O) groups is 1. The molecule has 0 aliphatic carbocycles. The number of anilines is 1. The van der Waals surface area contributed by atoms with Crippen LogP contribution in [0.15, 0.2) is 18.3 Å². The molecule has 2 rings (SSSR count). The van der Waals surface area contributed by atoms with Crippen molar-refractivity contribution in [2.75, 3.05) is 24.5 Å². The molecule has 6 nitrogen and oxygen atoms in total. The molecule has 1 amide bonds. The molecule has 0 saturated carbocycles. The summed E-state index contributed by atoms with van der Waals surface area (Å²) in [6.07, 6.45) is 0.940. The van der Waals surface area contributed by atoms with E-state index < -0.39 is 12.2 Å². The van der Waals surface area contributed by atoms with Crippen LogP contribution in [-0.2, 0) is 4.74 Å². The quantitative estimate of drug-likeness (QED) is 0.844. The first-order chi connectivity index (χ1) is 11.2. The summed E-state index contributed by atoms with van der Waals surface area (Å²) in [6, 6.07) is 3.04. The SMILES string of the molecule is C[C@@H]1CN(c2ccc(OC(F)F)cn2)CCN1C(=O)OC(C)(C)C. The maximum absolute atomic E-state index is 12.2. The Labute approximate surface area is 140 Å². The van der Waals surface area contributed by atoms with Gasteiger partial charge in [0.15, 0.2) is 0 Å². The van der Waals surface area contributed by atoms with Gasteiger partial charge in [-0.2, -0.15) is 8.78 Å². The third-order valence-corrected chi connectivity index (χ3v) is 3.53. The molecule has 1 aromatic rings. The monoisotopic (exact) mass is 343 g/mol. The van der Waals surface area contributed by atoms with Gasteiger partial charge in [-0.05, 0) is 39.8 Å². The number of aromatic nitrogens is 1. The molecular weight excluding hydrogens is 320 g/mol. The van der Waals surface area contributed by atoms with Crippen LogP contribution in [0.5, 0.6) is 5.75 Å². The fourth-order valence-electron chi connectivity index (χ4n) is 2.49. The van der Waals surface area contributed by atoms with Gasteiger partial charge in [0.25, 0.3) is 0 Å². The van der Waals surface area contributed by atoms with Crippen LogP contribution in [0.1, 0.15) is 27.7 Å². The molecule has 1 saturated heterocycles. The highest BCUT2D eigenvalue weighted by Crippen LogP contribution is 2.21. The lowest BCUT2D eigenvalue weighted by atomic mass is 10.2. The summed E-state index contributed by atoms with van der Waals surface area (Å²) in [4.78, 5) is 20.0. The van der Waals surface area contributed by atoms with Gasteiger partial charge in [0.05, 0.1) is 6.20 Å². The number of ether oxygens (including phenoxy) is 2. The predicted molar refractivity (Wildman–Crippen MR) is 85.5 cm³/mol. The van der Waals surface area contributed by atoms with E-state index in [1.807, 2.05) is 32.6 Å². The van der Waals surface area contributed by atoms with Crippen molar-refractivity contribution in [3.63, 3.8) is 0 Å². The smallest absolute Gasteiger partial charge is 0.410 e. The Bertz CT molecular complexity index is 561. The highest BCUT2D eigenvalue weighted by atomic mass is 19.3. The van der Waals surface area contributed by atoms with E-state index >= 15 is 0 Å². The fraction of sp³-hybridized carbons (Fsp3) is 0.625. The molecule has 134 valence electrons. The van der Waals surface area contributed by atoms with Gasteiger partial charge in [-0.1, -0.05) is 0 Å². The van der Waals surface area contributed by atoms with Crippen LogP contribution in [-0.4, -0.2) is 53.9 Å². The van der Waals surface area contributed by atoms with Crippen molar-refractivity contribution in [2.45, 2.75) is 45.9 Å². The van der Waals surface area contributed by atoms with Gasteiger partial charge in [-0.15, -0.1) is 0 Å². The van der Waals surface area contributed by atoms with Crippen LogP contribution in [0.25, 0.3) is 0 Å². The van der Waals surface area contributed by atoms with Crippen molar-refractivity contribution in [3.8, 4) is 5.75 Å². The molecule has 1 aliphatic rings. The Hall–Kier alpha value is -2.12. The minimum Gasteiger partial charge on any atom is -0.444 e. The van der Waals surface area contributed by atoms with Crippen LogP contribution >= 0.6 is 0 Å². The van der Waals surface area contributed by atoms with E-state index in [2.05, 4.69) is 9.72 Å². The Morgan fingerprint density at radius 1 is 1.33 bits per heavy atom. The number of alkyl halides is 2. The van der Waals surface area contributed by atoms with E-state index in [0.29, 0.717) is 25.5 Å². The molecule has 2 heterocycles. The molecule has 1 atom stereocenters. The number of nitrogens with zero attached hydrogens (tertiary/aromatic N) is 3. The number of amides is 1. The second kappa shape index (κ2) is 7.19. The first-order valence-electron chi connectivity index (χ1n) is 7.81. The van der Waals surface area contributed by atoms with Crippen molar-refractivity contribution < 1.29 is 23.0 Å². The van der Waals surface area contributed by atoms with Gasteiger partial charge < -0.3 is 19.3 Å². The third kappa shape index (κ3) is 4.94. The summed E-state index contributed by atoms with van der Waals surface area (Å²) in [5, 5.41) is 0. The number of hydrogen-bond donors (Lipinski definition) is 0. The van der Waals surface area contributed by atoms with Gasteiger partial charge >= 0.3 is 12.7 Å². The number of hydrogen-bond acceptors (Lipinski definition) is 5. The van der Waals surface area contributed by atoms with Gasteiger partial charge in [-0.3, -0.25) is 0 Å². The summed E-state index contributed by atoms with van der Waals surface area (Å²) in [5.41, 5.74) is -0.532. The van der Waals surface area contributed by atoms with Crippen molar-refractivity contribution in [1.29, 1.82) is 0 Å². The lowest BCUT2D eigenvalue weighted by Crippen LogP contribution is -2.55. The highest BCUT2D eigenvalue weighted by molar-refractivity contribution is 5.69. The normalized spacial score (nSPS) is 18.7. The zero-order valence-corrected chi connectivity index (χ0v) is 14.3. The number of rotatable bonds is 3. The van der Waals surface area contributed by atoms with Crippen molar-refractivity contribution in [3.05, 3.63) is 18.3 Å². The topological polar surface area (TPSA) is 54.9 Å². The molecule has 0 bridgehead atoms. The third-order valence-electron chi connectivity index (χ3n) is 3.53. The molecule has 1 aromatic heterocycles. The lowest BCUT2D eigenvalue weighted by molar-refractivity contribution is -0.0500. The Balaban J connectivity index is 1.96. The average Bonchev–Trinajstić information content (AvgIpc) is 2.45. The molecule has 0 radical (unpaired) electrons. The minimum absolute atomic E-state index is 0.0224. The molecule has 0 unspecified atom stereocenters. The molecule has 24 heavy (non-hydrogen) atoms. The maximum atomic E-state index is 12.2. The van der Waals surface area contributed by atoms with E-state index in [1.165, 1.54) is 12.3 Å². The molecule has 1 aliphatic heterocycles. The number of carbonyl (C=O) groups excluding carboxylic acids is 1. The van der Waals surface area contributed by atoms with Gasteiger partial charge in [0.1, 0.15) is 17.2 Å². The van der Waals surface area contributed by atoms with Crippen molar-refractivity contribution >= 4 is 11.9 Å². The van der Waals surface area contributed by atoms with Gasteiger partial charge in [-0.25, -0.2) is 9.78 Å². The Morgan fingerprint density at radius 3 is 2.54 bits per heavy atom. The highest BCUT2D eigenvalue weighted by Gasteiger charge is 2.31. The fourth-order valence-corrected chi connectivity index (χ4v) is 2.49. The standard InChI is InChI=1S/C16H23F2N3O3/c1-11-10-20(7-8-21(11)15(22)24-16(2,3)4)13-6-5-12(9-19-13)23-14(17)18/h5-6,9,11,14H,7-8,10H2,1-4H3/t11-/m1/s1. The number of piperazine rings is 1. The second-order valence-electron chi connectivity index (χ2n) is 6.70. The van der Waals surface area contributed by atoms with Crippen LogP contribution in [0, 0.1) is 0 Å². The zero-order chi connectivity index (χ0) is 17.9. The summed E-state index contributed by atoms with van der Waals surface area (Å²) >= 11 is 0. The minimum atomic E-state index is -2.87. The number of halogens is 2. The molecule has 0 aromatic carbocycles. The summed E-state index contributed by atoms with van der Waals surface area (Å²) in [6.45, 7) is 6.25. The van der Waals surface area contributed by atoms with E-state index in [-0.39, 0.29) is 17.9 Å². The lowest BCUT2D eigenvalue weighted by Gasteiger charge is -2.40. The first-order valence-corrected chi connectivity index (χ1v) is 7.81. The van der Waals surface area contributed by atoms with Gasteiger partial charge in [0, 0.05) is 25.7 Å². The van der Waals surface area contributed by atoms with Gasteiger partial charge in [0.2, 0.25) is 0 Å². The summed E-state index contributed by atoms with van der Waals surface area (Å²) in [5.74, 6) is 0.682. The van der Waals surface area contributed by atoms with Crippen LogP contribution in [0.3, 0.4) is 0 Å². The van der Waals surface area contributed by atoms with E-state index in [1.54, 1.807) is 11.0 Å². The molecule has 8 heteroatoms. The molecule has 0 N–H and O–H groups in total. The van der Waals surface area contributed by atoms with Crippen molar-refractivity contribution in [2.24, 2.45) is 0 Å². The van der Waals surface area contributed by atoms with E-state index in [4.69, 9.17) is 4.74 Å². The van der Waals surface area contributed by atoms with Crippen molar-refractivity contribution in [1.82, 2.24) is 9.88 Å².